The molecule has 0 aliphatic rings. The third-order valence-corrected chi connectivity index (χ3v) is 5.81. The van der Waals surface area contributed by atoms with Crippen LogP contribution in [0.1, 0.15) is 22.8 Å². The second kappa shape index (κ2) is 8.92. The molecule has 7 heteroatoms. The molecule has 0 aromatic heterocycles. The summed E-state index contributed by atoms with van der Waals surface area (Å²) in [5.41, 5.74) is 1.53. The molecule has 0 heterocycles. The summed E-state index contributed by atoms with van der Waals surface area (Å²) >= 11 is 0. The number of benzene rings is 3. The van der Waals surface area contributed by atoms with E-state index in [9.17, 15) is 18.0 Å². The first kappa shape index (κ1) is 21.3. The van der Waals surface area contributed by atoms with Gasteiger partial charge in [-0.25, -0.2) is 8.42 Å². The number of sulfonamides is 1. The lowest BCUT2D eigenvalue weighted by Gasteiger charge is -2.28. The molecule has 3 aromatic rings. The number of amides is 1. The zero-order chi connectivity index (χ0) is 21.7. The van der Waals surface area contributed by atoms with Gasteiger partial charge in [0.05, 0.1) is 17.6 Å². The van der Waals surface area contributed by atoms with Gasteiger partial charge in [-0.15, -0.1) is 0 Å². The van der Waals surface area contributed by atoms with Crippen LogP contribution in [0, 0.1) is 0 Å². The molecule has 0 saturated heterocycles. The van der Waals surface area contributed by atoms with Crippen molar-refractivity contribution in [2.75, 3.05) is 15.9 Å². The quantitative estimate of drug-likeness (QED) is 0.589. The minimum Gasteiger partial charge on any atom is -0.324 e. The molecular weight excluding hydrogens is 400 g/mol. The monoisotopic (exact) mass is 422 g/mol. The molecule has 1 atom stereocenters. The molecule has 0 fully saturated rings. The van der Waals surface area contributed by atoms with E-state index in [4.69, 9.17) is 0 Å². The van der Waals surface area contributed by atoms with Gasteiger partial charge in [-0.3, -0.25) is 13.9 Å². The van der Waals surface area contributed by atoms with Crippen molar-refractivity contribution in [1.82, 2.24) is 0 Å². The average molecular weight is 423 g/mol. The largest absolute Gasteiger partial charge is 0.324 e. The van der Waals surface area contributed by atoms with Gasteiger partial charge in [-0.1, -0.05) is 60.7 Å². The summed E-state index contributed by atoms with van der Waals surface area (Å²) in [6.45, 7) is 1.50. The molecule has 0 spiro atoms. The normalized spacial score (nSPS) is 12.1. The second-order valence-corrected chi connectivity index (χ2v) is 8.66. The van der Waals surface area contributed by atoms with Crippen LogP contribution in [0.15, 0.2) is 84.9 Å². The van der Waals surface area contributed by atoms with E-state index < -0.39 is 22.0 Å². The Labute approximate surface area is 176 Å². The van der Waals surface area contributed by atoms with Crippen molar-refractivity contribution in [3.63, 3.8) is 0 Å². The first-order chi connectivity index (χ1) is 14.3. The third kappa shape index (κ3) is 4.75. The van der Waals surface area contributed by atoms with Crippen LogP contribution < -0.4 is 9.62 Å². The van der Waals surface area contributed by atoms with E-state index in [1.54, 1.807) is 78.9 Å². The Bertz CT molecular complexity index is 1150. The maximum atomic E-state index is 13.0. The maximum Gasteiger partial charge on any atom is 0.248 e. The molecule has 0 aliphatic heterocycles. The fourth-order valence-electron chi connectivity index (χ4n) is 3.16. The van der Waals surface area contributed by atoms with Crippen molar-refractivity contribution in [1.29, 1.82) is 0 Å². The van der Waals surface area contributed by atoms with E-state index in [1.165, 1.54) is 6.92 Å². The van der Waals surface area contributed by atoms with Gasteiger partial charge in [0, 0.05) is 11.1 Å². The number of rotatable bonds is 7. The summed E-state index contributed by atoms with van der Waals surface area (Å²) in [5, 5.41) is 2.72. The first-order valence-corrected chi connectivity index (χ1v) is 11.2. The molecule has 1 amide bonds. The number of hydrogen-bond acceptors (Lipinski definition) is 4. The van der Waals surface area contributed by atoms with Gasteiger partial charge in [0.2, 0.25) is 15.9 Å². The Morgan fingerprint density at radius 1 is 0.833 bits per heavy atom. The number of nitrogens with one attached hydrogen (secondary N) is 1. The van der Waals surface area contributed by atoms with E-state index in [1.807, 2.05) is 6.07 Å². The van der Waals surface area contributed by atoms with Crippen LogP contribution in [0.25, 0.3) is 0 Å². The van der Waals surface area contributed by atoms with Gasteiger partial charge in [0.1, 0.15) is 6.04 Å². The molecule has 0 bridgehead atoms. The molecule has 0 saturated carbocycles. The van der Waals surface area contributed by atoms with Crippen LogP contribution in [0.5, 0.6) is 0 Å². The number of carbonyl (C=O) groups excluding carboxylic acids is 2. The lowest BCUT2D eigenvalue weighted by molar-refractivity contribution is -0.116. The van der Waals surface area contributed by atoms with Gasteiger partial charge in [0.25, 0.3) is 0 Å². The highest BCUT2D eigenvalue weighted by atomic mass is 32.2. The van der Waals surface area contributed by atoms with Gasteiger partial charge in [-0.05, 0) is 31.2 Å². The number of hydrogen-bond donors (Lipinski definition) is 1. The highest BCUT2D eigenvalue weighted by Gasteiger charge is 2.29. The fourth-order valence-corrected chi connectivity index (χ4v) is 4.33. The predicted molar refractivity (Wildman–Crippen MR) is 118 cm³/mol. The van der Waals surface area contributed by atoms with Gasteiger partial charge in [0.15, 0.2) is 5.78 Å². The van der Waals surface area contributed by atoms with Crippen LogP contribution >= 0.6 is 0 Å². The summed E-state index contributed by atoms with van der Waals surface area (Å²) in [7, 11) is -3.72. The molecule has 3 aromatic carbocycles. The van der Waals surface area contributed by atoms with Gasteiger partial charge < -0.3 is 5.32 Å². The summed E-state index contributed by atoms with van der Waals surface area (Å²) in [6, 6.07) is 22.8. The van der Waals surface area contributed by atoms with Crippen molar-refractivity contribution in [3.8, 4) is 0 Å². The number of anilines is 2. The number of nitrogens with zero attached hydrogens (tertiary/aromatic N) is 1. The van der Waals surface area contributed by atoms with Crippen LogP contribution in [0.4, 0.5) is 11.4 Å². The van der Waals surface area contributed by atoms with Crippen LogP contribution in [-0.4, -0.2) is 32.4 Å². The van der Waals surface area contributed by atoms with E-state index in [-0.39, 0.29) is 5.78 Å². The van der Waals surface area contributed by atoms with Crippen molar-refractivity contribution in [2.45, 2.75) is 13.0 Å². The summed E-state index contributed by atoms with van der Waals surface area (Å²) in [6.07, 6.45) is 1.05. The minimum atomic E-state index is -3.72. The third-order valence-electron chi connectivity index (χ3n) is 4.56. The lowest BCUT2D eigenvalue weighted by Crippen LogP contribution is -2.45. The molecular formula is C23H22N2O4S. The van der Waals surface area contributed by atoms with Crippen LogP contribution in [-0.2, 0) is 14.8 Å². The van der Waals surface area contributed by atoms with Gasteiger partial charge in [-0.2, -0.15) is 0 Å². The molecule has 0 radical (unpaired) electrons. The molecule has 154 valence electrons. The summed E-state index contributed by atoms with van der Waals surface area (Å²) < 4.78 is 25.8. The Balaban J connectivity index is 1.90. The smallest absolute Gasteiger partial charge is 0.248 e. The summed E-state index contributed by atoms with van der Waals surface area (Å²) in [4.78, 5) is 25.8. The highest BCUT2D eigenvalue weighted by molar-refractivity contribution is 7.92. The molecule has 0 unspecified atom stereocenters. The zero-order valence-electron chi connectivity index (χ0n) is 16.6. The van der Waals surface area contributed by atoms with Crippen LogP contribution in [0.2, 0.25) is 0 Å². The second-order valence-electron chi connectivity index (χ2n) is 6.80. The molecule has 0 aliphatic carbocycles. The standard InChI is InChI=1S/C23H22N2O4S/c1-17(25(30(2,28)29)19-13-7-4-8-14-19)23(27)24-21-16-10-9-15-20(21)22(26)18-11-5-3-6-12-18/h3-17H,1-2H3,(H,24,27)/t17-/m1/s1. The molecule has 3 rings (SSSR count). The van der Waals surface area contributed by atoms with Crippen LogP contribution in [0.3, 0.4) is 0 Å². The maximum absolute atomic E-state index is 13.0. The SMILES string of the molecule is C[C@H](C(=O)Nc1ccccc1C(=O)c1ccccc1)N(c1ccccc1)S(C)(=O)=O. The Morgan fingerprint density at radius 3 is 1.97 bits per heavy atom. The average Bonchev–Trinajstić information content (AvgIpc) is 2.74. The number of carbonyl (C=O) groups is 2. The molecule has 30 heavy (non-hydrogen) atoms. The van der Waals surface area contributed by atoms with Crippen molar-refractivity contribution < 1.29 is 18.0 Å². The predicted octanol–water partition coefficient (Wildman–Crippen LogP) is 3.71. The Morgan fingerprint density at radius 2 is 1.37 bits per heavy atom. The Kier molecular flexibility index (Phi) is 6.32. The van der Waals surface area contributed by atoms with Crippen molar-refractivity contribution >= 4 is 33.1 Å². The zero-order valence-corrected chi connectivity index (χ0v) is 17.5. The lowest BCUT2D eigenvalue weighted by atomic mass is 10.0. The topological polar surface area (TPSA) is 83.6 Å². The first-order valence-electron chi connectivity index (χ1n) is 9.33. The minimum absolute atomic E-state index is 0.234. The van der Waals surface area contributed by atoms with E-state index >= 15 is 0 Å². The van der Waals surface area contributed by atoms with Crippen molar-refractivity contribution in [2.24, 2.45) is 0 Å². The van der Waals surface area contributed by atoms with Gasteiger partial charge >= 0.3 is 0 Å². The molecule has 1 N–H and O–H groups in total. The van der Waals surface area contributed by atoms with E-state index in [0.717, 1.165) is 10.6 Å². The summed E-state index contributed by atoms with van der Waals surface area (Å²) in [5.74, 6) is -0.778. The Hall–Kier alpha value is -3.45. The van der Waals surface area contributed by atoms with E-state index in [0.29, 0.717) is 22.5 Å². The van der Waals surface area contributed by atoms with E-state index in [2.05, 4.69) is 5.32 Å². The fraction of sp³-hybridized carbons (Fsp3) is 0.130. The number of ketones is 1. The van der Waals surface area contributed by atoms with Crippen molar-refractivity contribution in [3.05, 3.63) is 96.1 Å². The number of para-hydroxylation sites is 2. The molecule has 6 nitrogen and oxygen atoms in total. The highest BCUT2D eigenvalue weighted by Crippen LogP contribution is 2.23.